The molecule has 1 aromatic carbocycles. The summed E-state index contributed by atoms with van der Waals surface area (Å²) in [7, 11) is 0. The predicted molar refractivity (Wildman–Crippen MR) is 58.9 cm³/mol. The zero-order chi connectivity index (χ0) is 11.2. The Hall–Kier alpha value is -1.71. The SMILES string of the molecule is Cc1cc(N)cc2c1OC(C)(C)C(=O)N2. The summed E-state index contributed by atoms with van der Waals surface area (Å²) in [5.74, 6) is 0.550. The molecule has 1 amide bonds. The van der Waals surface area contributed by atoms with E-state index in [-0.39, 0.29) is 5.91 Å². The molecule has 80 valence electrons. The topological polar surface area (TPSA) is 64.3 Å². The number of nitrogens with one attached hydrogen (secondary N) is 1. The number of nitrogen functional groups attached to an aromatic ring is 1. The number of amides is 1. The molecule has 4 nitrogen and oxygen atoms in total. The Balaban J connectivity index is 2.55. The van der Waals surface area contributed by atoms with Crippen molar-refractivity contribution in [3.63, 3.8) is 0 Å². The average Bonchev–Trinajstić information content (AvgIpc) is 2.09. The summed E-state index contributed by atoms with van der Waals surface area (Å²) in [6.07, 6.45) is 0. The molecule has 0 aliphatic carbocycles. The van der Waals surface area contributed by atoms with Crippen LogP contribution in [0.3, 0.4) is 0 Å². The van der Waals surface area contributed by atoms with E-state index in [1.165, 1.54) is 0 Å². The number of aryl methyl sites for hydroxylation is 1. The first-order valence-corrected chi connectivity index (χ1v) is 4.81. The average molecular weight is 206 g/mol. The molecule has 0 unspecified atom stereocenters. The van der Waals surface area contributed by atoms with Gasteiger partial charge in [-0.2, -0.15) is 0 Å². The number of nitrogens with two attached hydrogens (primary N) is 1. The molecule has 15 heavy (non-hydrogen) atoms. The van der Waals surface area contributed by atoms with E-state index in [1.807, 2.05) is 13.0 Å². The Bertz CT molecular complexity index is 438. The van der Waals surface area contributed by atoms with E-state index in [2.05, 4.69) is 5.32 Å². The molecule has 1 aliphatic heterocycles. The van der Waals surface area contributed by atoms with Crippen LogP contribution < -0.4 is 15.8 Å². The van der Waals surface area contributed by atoms with Gasteiger partial charge < -0.3 is 15.8 Å². The van der Waals surface area contributed by atoms with Gasteiger partial charge in [0.25, 0.3) is 5.91 Å². The van der Waals surface area contributed by atoms with Gasteiger partial charge in [0.1, 0.15) is 5.75 Å². The summed E-state index contributed by atoms with van der Waals surface area (Å²) in [5.41, 5.74) is 7.06. The lowest BCUT2D eigenvalue weighted by Gasteiger charge is -2.32. The van der Waals surface area contributed by atoms with Crippen LogP contribution in [0.25, 0.3) is 0 Å². The second-order valence-corrected chi connectivity index (χ2v) is 4.28. The van der Waals surface area contributed by atoms with Crippen molar-refractivity contribution in [1.82, 2.24) is 0 Å². The van der Waals surface area contributed by atoms with Gasteiger partial charge in [0, 0.05) is 5.69 Å². The van der Waals surface area contributed by atoms with Crippen molar-refractivity contribution in [1.29, 1.82) is 0 Å². The van der Waals surface area contributed by atoms with E-state index in [1.54, 1.807) is 19.9 Å². The molecule has 0 radical (unpaired) electrons. The highest BCUT2D eigenvalue weighted by molar-refractivity contribution is 6.00. The van der Waals surface area contributed by atoms with Gasteiger partial charge in [-0.25, -0.2) is 0 Å². The molecule has 4 heteroatoms. The molecule has 1 aromatic rings. The third-order valence-corrected chi connectivity index (χ3v) is 2.45. The Morgan fingerprint density at radius 2 is 2.07 bits per heavy atom. The summed E-state index contributed by atoms with van der Waals surface area (Å²) in [6, 6.07) is 3.53. The summed E-state index contributed by atoms with van der Waals surface area (Å²) in [5, 5.41) is 2.79. The number of hydrogen-bond acceptors (Lipinski definition) is 3. The minimum atomic E-state index is -0.826. The molecule has 0 atom stereocenters. The minimum absolute atomic E-state index is 0.153. The number of benzene rings is 1. The lowest BCUT2D eigenvalue weighted by Crippen LogP contribution is -2.45. The largest absolute Gasteiger partial charge is 0.476 e. The lowest BCUT2D eigenvalue weighted by molar-refractivity contribution is -0.129. The van der Waals surface area contributed by atoms with Crippen molar-refractivity contribution >= 4 is 17.3 Å². The van der Waals surface area contributed by atoms with Crippen LogP contribution in [0.4, 0.5) is 11.4 Å². The highest BCUT2D eigenvalue weighted by atomic mass is 16.5. The Morgan fingerprint density at radius 3 is 2.73 bits per heavy atom. The van der Waals surface area contributed by atoms with E-state index in [0.717, 1.165) is 5.56 Å². The van der Waals surface area contributed by atoms with Gasteiger partial charge in [0.15, 0.2) is 5.60 Å². The van der Waals surface area contributed by atoms with Gasteiger partial charge in [-0.15, -0.1) is 0 Å². The summed E-state index contributed by atoms with van der Waals surface area (Å²) >= 11 is 0. The molecule has 1 aliphatic rings. The quantitative estimate of drug-likeness (QED) is 0.635. The summed E-state index contributed by atoms with van der Waals surface area (Å²) in [4.78, 5) is 11.6. The number of carbonyl (C=O) groups is 1. The van der Waals surface area contributed by atoms with Gasteiger partial charge in [-0.1, -0.05) is 0 Å². The zero-order valence-electron chi connectivity index (χ0n) is 9.05. The van der Waals surface area contributed by atoms with Gasteiger partial charge in [-0.3, -0.25) is 4.79 Å². The number of fused-ring (bicyclic) bond motifs is 1. The van der Waals surface area contributed by atoms with Crippen molar-refractivity contribution in [2.24, 2.45) is 0 Å². The maximum absolute atomic E-state index is 11.6. The highest BCUT2D eigenvalue weighted by Gasteiger charge is 2.36. The maximum Gasteiger partial charge on any atom is 0.268 e. The summed E-state index contributed by atoms with van der Waals surface area (Å²) < 4.78 is 5.65. The standard InChI is InChI=1S/C11H14N2O2/c1-6-4-7(12)5-8-9(6)15-11(2,3)10(14)13-8/h4-5H,12H2,1-3H3,(H,13,14). The number of ether oxygens (including phenoxy) is 1. The van der Waals surface area contributed by atoms with Crippen LogP contribution in [-0.4, -0.2) is 11.5 Å². The fraction of sp³-hybridized carbons (Fsp3) is 0.364. The molecular formula is C11H14N2O2. The molecule has 0 bridgehead atoms. The molecule has 0 saturated heterocycles. The van der Waals surface area contributed by atoms with Crippen LogP contribution in [-0.2, 0) is 4.79 Å². The molecule has 0 saturated carbocycles. The number of rotatable bonds is 0. The summed E-state index contributed by atoms with van der Waals surface area (Å²) in [6.45, 7) is 5.38. The number of carbonyl (C=O) groups excluding carboxylic acids is 1. The minimum Gasteiger partial charge on any atom is -0.476 e. The Morgan fingerprint density at radius 1 is 1.40 bits per heavy atom. The third kappa shape index (κ3) is 1.52. The molecule has 0 fully saturated rings. The van der Waals surface area contributed by atoms with Crippen LogP contribution >= 0.6 is 0 Å². The second-order valence-electron chi connectivity index (χ2n) is 4.28. The van der Waals surface area contributed by atoms with Gasteiger partial charge >= 0.3 is 0 Å². The van der Waals surface area contributed by atoms with Crippen LogP contribution in [0.15, 0.2) is 12.1 Å². The van der Waals surface area contributed by atoms with E-state index >= 15 is 0 Å². The molecule has 0 aromatic heterocycles. The van der Waals surface area contributed by atoms with Gasteiger partial charge in [-0.05, 0) is 38.5 Å². The van der Waals surface area contributed by atoms with Crippen LogP contribution in [0, 0.1) is 6.92 Å². The molecule has 1 heterocycles. The first-order valence-electron chi connectivity index (χ1n) is 4.81. The lowest BCUT2D eigenvalue weighted by atomic mass is 10.0. The molecule has 0 spiro atoms. The normalized spacial score (nSPS) is 17.7. The van der Waals surface area contributed by atoms with E-state index in [0.29, 0.717) is 17.1 Å². The smallest absolute Gasteiger partial charge is 0.268 e. The number of hydrogen-bond donors (Lipinski definition) is 2. The molecular weight excluding hydrogens is 192 g/mol. The number of anilines is 2. The second kappa shape index (κ2) is 2.89. The predicted octanol–water partition coefficient (Wildman–Crippen LogP) is 1.69. The Labute approximate surface area is 88.4 Å². The fourth-order valence-corrected chi connectivity index (χ4v) is 1.60. The van der Waals surface area contributed by atoms with Crippen molar-refractivity contribution in [3.05, 3.63) is 17.7 Å². The Kier molecular flexibility index (Phi) is 1.89. The van der Waals surface area contributed by atoms with E-state index in [4.69, 9.17) is 10.5 Å². The van der Waals surface area contributed by atoms with Gasteiger partial charge in [0.2, 0.25) is 0 Å². The van der Waals surface area contributed by atoms with E-state index in [9.17, 15) is 4.79 Å². The van der Waals surface area contributed by atoms with Crippen molar-refractivity contribution in [3.8, 4) is 5.75 Å². The van der Waals surface area contributed by atoms with Crippen molar-refractivity contribution < 1.29 is 9.53 Å². The first kappa shape index (κ1) is 9.83. The van der Waals surface area contributed by atoms with Gasteiger partial charge in [0.05, 0.1) is 5.69 Å². The van der Waals surface area contributed by atoms with E-state index < -0.39 is 5.60 Å². The fourth-order valence-electron chi connectivity index (χ4n) is 1.60. The van der Waals surface area contributed by atoms with Crippen LogP contribution in [0.1, 0.15) is 19.4 Å². The van der Waals surface area contributed by atoms with Crippen molar-refractivity contribution in [2.45, 2.75) is 26.4 Å². The van der Waals surface area contributed by atoms with Crippen LogP contribution in [0.5, 0.6) is 5.75 Å². The van der Waals surface area contributed by atoms with Crippen molar-refractivity contribution in [2.75, 3.05) is 11.1 Å². The molecule has 3 N–H and O–H groups in total. The maximum atomic E-state index is 11.6. The zero-order valence-corrected chi connectivity index (χ0v) is 9.05. The first-order chi connectivity index (χ1) is 6.90. The highest BCUT2D eigenvalue weighted by Crippen LogP contribution is 2.37. The third-order valence-electron chi connectivity index (χ3n) is 2.45. The monoisotopic (exact) mass is 206 g/mol. The van der Waals surface area contributed by atoms with Crippen LogP contribution in [0.2, 0.25) is 0 Å². The molecule has 2 rings (SSSR count).